The molecule has 0 spiro atoms. The average Bonchev–Trinajstić information content (AvgIpc) is 3.17. The van der Waals surface area contributed by atoms with E-state index in [-0.39, 0.29) is 28.9 Å². The van der Waals surface area contributed by atoms with E-state index in [1.807, 2.05) is 10.2 Å². The number of carbonyl (C=O) groups excluding carboxylic acids is 2. The number of aromatic nitrogens is 2. The average molecular weight is 464 g/mol. The molecule has 2 aliphatic heterocycles. The standard InChI is InChI=1S/C20H19F3N6O4/c1-10(20(21,22)23)25-17(30)13-2-3-14-16(26-13)29(12-5-7-28(14)9-12)19(33)27-15-8-11(18(31)32)4-6-24-15/h2-4,6,8,10,12H,5,7,9H2,1H3,(H,25,30)(H,31,32)(H,24,27,33)/t10-,12?/m1/s1. The van der Waals surface area contributed by atoms with Crippen LogP contribution in [0.1, 0.15) is 34.2 Å². The van der Waals surface area contributed by atoms with Crippen molar-refractivity contribution in [2.24, 2.45) is 0 Å². The number of halogens is 3. The predicted octanol–water partition coefficient (Wildman–Crippen LogP) is 2.49. The zero-order chi connectivity index (χ0) is 23.9. The molecular weight excluding hydrogens is 445 g/mol. The van der Waals surface area contributed by atoms with E-state index < -0.39 is 30.1 Å². The first-order chi connectivity index (χ1) is 15.5. The Morgan fingerprint density at radius 2 is 2.00 bits per heavy atom. The molecule has 2 atom stereocenters. The monoisotopic (exact) mass is 464 g/mol. The summed E-state index contributed by atoms with van der Waals surface area (Å²) < 4.78 is 38.5. The van der Waals surface area contributed by atoms with Gasteiger partial charge in [0.15, 0.2) is 5.82 Å². The Morgan fingerprint density at radius 1 is 1.24 bits per heavy atom. The molecule has 0 radical (unpaired) electrons. The number of urea groups is 1. The Hall–Kier alpha value is -3.90. The van der Waals surface area contributed by atoms with Gasteiger partial charge in [0, 0.05) is 19.3 Å². The van der Waals surface area contributed by atoms with Crippen LogP contribution in [0.2, 0.25) is 0 Å². The van der Waals surface area contributed by atoms with Gasteiger partial charge in [-0.15, -0.1) is 0 Å². The Kier molecular flexibility index (Phi) is 5.56. The van der Waals surface area contributed by atoms with Gasteiger partial charge in [-0.25, -0.2) is 19.6 Å². The van der Waals surface area contributed by atoms with Crippen LogP contribution in [0.5, 0.6) is 0 Å². The van der Waals surface area contributed by atoms with Crippen molar-refractivity contribution < 1.29 is 32.7 Å². The Morgan fingerprint density at radius 3 is 2.70 bits per heavy atom. The lowest BCUT2D eigenvalue weighted by molar-refractivity contribution is -0.149. The number of rotatable bonds is 4. The minimum atomic E-state index is -4.61. The highest BCUT2D eigenvalue weighted by Crippen LogP contribution is 2.39. The topological polar surface area (TPSA) is 128 Å². The molecule has 13 heteroatoms. The highest BCUT2D eigenvalue weighted by atomic mass is 19.4. The molecule has 0 saturated carbocycles. The molecule has 4 heterocycles. The molecule has 1 unspecified atom stereocenters. The van der Waals surface area contributed by atoms with E-state index in [1.165, 1.54) is 29.3 Å². The number of pyridine rings is 2. The number of aromatic carboxylic acids is 1. The van der Waals surface area contributed by atoms with E-state index in [9.17, 15) is 27.6 Å². The number of carboxylic acids is 1. The van der Waals surface area contributed by atoms with Gasteiger partial charge in [-0.3, -0.25) is 15.0 Å². The van der Waals surface area contributed by atoms with Crippen LogP contribution in [-0.4, -0.2) is 64.3 Å². The number of nitrogens with one attached hydrogen (secondary N) is 2. The summed E-state index contributed by atoms with van der Waals surface area (Å²) in [7, 11) is 0. The molecule has 10 nitrogen and oxygen atoms in total. The third kappa shape index (κ3) is 4.38. The van der Waals surface area contributed by atoms with Crippen LogP contribution in [0.15, 0.2) is 30.5 Å². The van der Waals surface area contributed by atoms with Crippen molar-refractivity contribution in [1.82, 2.24) is 15.3 Å². The number of carboxylic acid groups (broad SMARTS) is 1. The molecule has 0 aromatic carbocycles. The van der Waals surface area contributed by atoms with Crippen LogP contribution < -0.4 is 20.4 Å². The number of anilines is 3. The second-order valence-corrected chi connectivity index (χ2v) is 7.70. The Balaban J connectivity index is 1.62. The number of amides is 3. The fourth-order valence-corrected chi connectivity index (χ4v) is 3.75. The maximum absolute atomic E-state index is 13.1. The van der Waals surface area contributed by atoms with Crippen molar-refractivity contribution in [2.75, 3.05) is 28.2 Å². The van der Waals surface area contributed by atoms with Gasteiger partial charge in [0.1, 0.15) is 17.6 Å². The van der Waals surface area contributed by atoms with Crippen LogP contribution in [0.3, 0.4) is 0 Å². The molecule has 2 bridgehead atoms. The third-order valence-corrected chi connectivity index (χ3v) is 5.48. The van der Waals surface area contributed by atoms with Crippen LogP contribution in [0.25, 0.3) is 0 Å². The van der Waals surface area contributed by atoms with Crippen LogP contribution >= 0.6 is 0 Å². The van der Waals surface area contributed by atoms with Gasteiger partial charge in [-0.1, -0.05) is 0 Å². The summed E-state index contributed by atoms with van der Waals surface area (Å²) >= 11 is 0. The molecule has 1 saturated heterocycles. The number of carbonyl (C=O) groups is 3. The molecule has 174 valence electrons. The lowest BCUT2D eigenvalue weighted by Crippen LogP contribution is -2.49. The summed E-state index contributed by atoms with van der Waals surface area (Å²) in [5.74, 6) is -2.07. The van der Waals surface area contributed by atoms with Gasteiger partial charge in [-0.2, -0.15) is 13.2 Å². The zero-order valence-corrected chi connectivity index (χ0v) is 17.3. The summed E-state index contributed by atoms with van der Waals surface area (Å²) in [4.78, 5) is 48.1. The SMILES string of the molecule is C[C@@H](NC(=O)c1ccc2c(n1)N(C(=O)Nc1cc(C(=O)O)ccn1)C1CCN2C1)C(F)(F)F. The highest BCUT2D eigenvalue weighted by molar-refractivity contribution is 6.05. The smallest absolute Gasteiger partial charge is 0.408 e. The maximum atomic E-state index is 13.1. The van der Waals surface area contributed by atoms with Gasteiger partial charge in [-0.05, 0) is 37.6 Å². The Labute approximate surface area is 185 Å². The quantitative estimate of drug-likeness (QED) is 0.634. The van der Waals surface area contributed by atoms with Gasteiger partial charge in [0.25, 0.3) is 5.91 Å². The first kappa shape index (κ1) is 22.3. The van der Waals surface area contributed by atoms with E-state index in [1.54, 1.807) is 6.07 Å². The second-order valence-electron chi connectivity index (χ2n) is 7.70. The summed E-state index contributed by atoms with van der Waals surface area (Å²) in [5, 5.41) is 13.5. The summed E-state index contributed by atoms with van der Waals surface area (Å²) in [6.07, 6.45) is -2.76. The number of hydrogen-bond donors (Lipinski definition) is 3. The highest BCUT2D eigenvalue weighted by Gasteiger charge is 2.41. The lowest BCUT2D eigenvalue weighted by Gasteiger charge is -2.35. The van der Waals surface area contributed by atoms with Crippen LogP contribution in [0, 0.1) is 0 Å². The number of alkyl halides is 3. The summed E-state index contributed by atoms with van der Waals surface area (Å²) in [5.41, 5.74) is 0.227. The van der Waals surface area contributed by atoms with E-state index in [0.717, 1.165) is 6.92 Å². The lowest BCUT2D eigenvalue weighted by atomic mass is 10.1. The van der Waals surface area contributed by atoms with Crippen LogP contribution in [-0.2, 0) is 0 Å². The Bertz CT molecular complexity index is 1130. The van der Waals surface area contributed by atoms with E-state index >= 15 is 0 Å². The van der Waals surface area contributed by atoms with Crippen molar-refractivity contribution >= 4 is 35.2 Å². The van der Waals surface area contributed by atoms with Crippen LogP contribution in [0.4, 0.5) is 35.3 Å². The van der Waals surface area contributed by atoms with Crippen molar-refractivity contribution in [1.29, 1.82) is 0 Å². The molecule has 1 fully saturated rings. The van der Waals surface area contributed by atoms with Crippen molar-refractivity contribution in [3.05, 3.63) is 41.7 Å². The van der Waals surface area contributed by atoms with E-state index in [4.69, 9.17) is 5.11 Å². The molecule has 0 aliphatic carbocycles. The number of fused-ring (bicyclic) bond motifs is 4. The zero-order valence-electron chi connectivity index (χ0n) is 17.3. The largest absolute Gasteiger partial charge is 0.478 e. The fraction of sp³-hybridized carbons (Fsp3) is 0.350. The second kappa shape index (κ2) is 8.22. The van der Waals surface area contributed by atoms with Gasteiger partial charge in [0.05, 0.1) is 17.3 Å². The maximum Gasteiger partial charge on any atom is 0.408 e. The summed E-state index contributed by atoms with van der Waals surface area (Å²) in [6.45, 7) is 1.97. The molecule has 2 aromatic rings. The molecule has 3 amide bonds. The molecule has 33 heavy (non-hydrogen) atoms. The molecule has 3 N–H and O–H groups in total. The number of nitrogens with zero attached hydrogens (tertiary/aromatic N) is 4. The normalized spacial score (nSPS) is 17.9. The van der Waals surface area contributed by atoms with E-state index in [2.05, 4.69) is 15.3 Å². The first-order valence-corrected chi connectivity index (χ1v) is 9.97. The molecule has 2 aromatic heterocycles. The van der Waals surface area contributed by atoms with Gasteiger partial charge < -0.3 is 15.3 Å². The van der Waals surface area contributed by atoms with Crippen molar-refractivity contribution in [3.8, 4) is 0 Å². The van der Waals surface area contributed by atoms with Gasteiger partial charge >= 0.3 is 18.2 Å². The third-order valence-electron chi connectivity index (χ3n) is 5.48. The predicted molar refractivity (Wildman–Crippen MR) is 111 cm³/mol. The first-order valence-electron chi connectivity index (χ1n) is 9.97. The number of hydrogen-bond acceptors (Lipinski definition) is 6. The minimum Gasteiger partial charge on any atom is -0.478 e. The molecule has 2 aliphatic rings. The van der Waals surface area contributed by atoms with Crippen molar-refractivity contribution in [3.63, 3.8) is 0 Å². The van der Waals surface area contributed by atoms with Crippen molar-refractivity contribution in [2.45, 2.75) is 31.6 Å². The molecular formula is C20H19F3N6O4. The summed E-state index contributed by atoms with van der Waals surface area (Å²) in [6, 6.07) is 2.31. The van der Waals surface area contributed by atoms with Gasteiger partial charge in [0.2, 0.25) is 0 Å². The minimum absolute atomic E-state index is 0.00905. The fourth-order valence-electron chi connectivity index (χ4n) is 3.75. The molecule has 4 rings (SSSR count). The van der Waals surface area contributed by atoms with E-state index in [0.29, 0.717) is 25.2 Å².